The number of H-pyrrole nitrogens is 1. The molecular weight excluding hydrogens is 500 g/mol. The van der Waals surface area contributed by atoms with E-state index in [2.05, 4.69) is 4.98 Å². The number of hydrogen-bond donors (Lipinski definition) is 1. The summed E-state index contributed by atoms with van der Waals surface area (Å²) < 4.78 is 41.4. The molecule has 5 rings (SSSR count). The van der Waals surface area contributed by atoms with Crippen LogP contribution < -0.4 is 4.74 Å². The Kier molecular flexibility index (Phi) is 6.57. The maximum absolute atomic E-state index is 14.4. The van der Waals surface area contributed by atoms with Gasteiger partial charge < -0.3 is 14.5 Å². The molecule has 198 valence electrons. The molecule has 1 aliphatic rings. The predicted octanol–water partition coefficient (Wildman–Crippen LogP) is 6.05. The van der Waals surface area contributed by atoms with Crippen LogP contribution >= 0.6 is 0 Å². The summed E-state index contributed by atoms with van der Waals surface area (Å²) >= 11 is 0. The van der Waals surface area contributed by atoms with Crippen LogP contribution in [0.25, 0.3) is 10.9 Å². The highest BCUT2D eigenvalue weighted by molar-refractivity contribution is 7.89. The zero-order chi connectivity index (χ0) is 27.2. The third kappa shape index (κ3) is 4.70. The minimum Gasteiger partial charge on any atom is -0.497 e. The van der Waals surface area contributed by atoms with E-state index in [4.69, 9.17) is 9.47 Å². The van der Waals surface area contributed by atoms with Crippen LogP contribution in [-0.4, -0.2) is 36.4 Å². The van der Waals surface area contributed by atoms with Gasteiger partial charge in [-0.15, -0.1) is 0 Å². The van der Waals surface area contributed by atoms with E-state index in [0.717, 1.165) is 33.2 Å². The van der Waals surface area contributed by atoms with Crippen LogP contribution in [0.15, 0.2) is 77.8 Å². The fraction of sp³-hybridized carbons (Fsp3) is 0.300. The number of aromatic nitrogens is 1. The molecule has 1 aliphatic heterocycles. The molecule has 0 fully saturated rings. The van der Waals surface area contributed by atoms with Gasteiger partial charge in [0, 0.05) is 22.7 Å². The monoisotopic (exact) mass is 532 g/mol. The van der Waals surface area contributed by atoms with E-state index >= 15 is 0 Å². The molecule has 7 nitrogen and oxygen atoms in total. The third-order valence-corrected chi connectivity index (χ3v) is 8.69. The van der Waals surface area contributed by atoms with Gasteiger partial charge in [-0.25, -0.2) is 8.42 Å². The van der Waals surface area contributed by atoms with Gasteiger partial charge in [0.2, 0.25) is 10.0 Å². The minimum atomic E-state index is -4.04. The first-order valence-electron chi connectivity index (χ1n) is 12.6. The number of aryl methyl sites for hydroxylation is 1. The van der Waals surface area contributed by atoms with Crippen LogP contribution in [0.5, 0.6) is 5.75 Å². The summed E-state index contributed by atoms with van der Waals surface area (Å²) in [5.41, 5.74) is 3.54. The van der Waals surface area contributed by atoms with E-state index in [0.29, 0.717) is 5.75 Å². The average molecular weight is 533 g/mol. The lowest BCUT2D eigenvalue weighted by Gasteiger charge is -2.30. The van der Waals surface area contributed by atoms with E-state index in [1.807, 2.05) is 55.6 Å². The summed E-state index contributed by atoms with van der Waals surface area (Å²) in [5.74, 6) is 0.213. The molecule has 0 radical (unpaired) electrons. The van der Waals surface area contributed by atoms with Crippen molar-refractivity contribution in [2.45, 2.75) is 56.7 Å². The molecule has 8 heteroatoms. The second-order valence-corrected chi connectivity index (χ2v) is 12.5. The number of aromatic amines is 1. The van der Waals surface area contributed by atoms with Gasteiger partial charge in [0.25, 0.3) is 0 Å². The van der Waals surface area contributed by atoms with E-state index in [1.165, 1.54) is 4.31 Å². The molecule has 4 aromatic rings. The second-order valence-electron chi connectivity index (χ2n) is 10.6. The van der Waals surface area contributed by atoms with Crippen molar-refractivity contribution in [1.29, 1.82) is 0 Å². The normalized spacial score (nSPS) is 17.9. The Balaban J connectivity index is 1.72. The molecule has 38 heavy (non-hydrogen) atoms. The number of carbonyl (C=O) groups excluding carboxylic acids is 1. The van der Waals surface area contributed by atoms with E-state index in [1.54, 1.807) is 52.1 Å². The number of ether oxygens (including phenoxy) is 2. The van der Waals surface area contributed by atoms with Crippen LogP contribution in [0.2, 0.25) is 0 Å². The van der Waals surface area contributed by atoms with Crippen molar-refractivity contribution < 1.29 is 22.7 Å². The first kappa shape index (κ1) is 26.0. The summed E-state index contributed by atoms with van der Waals surface area (Å²) in [4.78, 5) is 16.6. The number of sulfonamides is 1. The molecule has 0 aliphatic carbocycles. The number of esters is 1. The van der Waals surface area contributed by atoms with Crippen LogP contribution in [0.4, 0.5) is 0 Å². The molecule has 1 aromatic heterocycles. The number of rotatable bonds is 6. The van der Waals surface area contributed by atoms with Gasteiger partial charge in [0.1, 0.15) is 11.4 Å². The highest BCUT2D eigenvalue weighted by Gasteiger charge is 2.48. The van der Waals surface area contributed by atoms with Gasteiger partial charge in [-0.3, -0.25) is 4.79 Å². The molecule has 2 atom stereocenters. The molecule has 0 saturated carbocycles. The number of hydrogen-bond acceptors (Lipinski definition) is 5. The van der Waals surface area contributed by atoms with Crippen molar-refractivity contribution in [3.63, 3.8) is 0 Å². The molecule has 0 amide bonds. The Labute approximate surface area is 223 Å². The largest absolute Gasteiger partial charge is 0.497 e. The third-order valence-electron chi connectivity index (χ3n) is 6.80. The average Bonchev–Trinajstić information content (AvgIpc) is 3.42. The lowest BCUT2D eigenvalue weighted by molar-refractivity contribution is -0.155. The van der Waals surface area contributed by atoms with Crippen LogP contribution in [0.3, 0.4) is 0 Å². The van der Waals surface area contributed by atoms with Gasteiger partial charge in [-0.2, -0.15) is 4.31 Å². The lowest BCUT2D eigenvalue weighted by Crippen LogP contribution is -2.35. The first-order valence-corrected chi connectivity index (χ1v) is 14.0. The zero-order valence-corrected chi connectivity index (χ0v) is 23.0. The molecule has 0 saturated heterocycles. The summed E-state index contributed by atoms with van der Waals surface area (Å²) in [5, 5.41) is 0.853. The van der Waals surface area contributed by atoms with E-state index in [9.17, 15) is 13.2 Å². The van der Waals surface area contributed by atoms with Crippen molar-refractivity contribution in [2.24, 2.45) is 0 Å². The fourth-order valence-corrected chi connectivity index (χ4v) is 6.93. The molecular formula is C30H32N2O5S. The van der Waals surface area contributed by atoms with Crippen molar-refractivity contribution in [1.82, 2.24) is 9.29 Å². The molecule has 0 spiro atoms. The molecule has 3 aromatic carbocycles. The maximum atomic E-state index is 14.4. The SMILES string of the molecule is COc1ccc2[nH]cc([C@@H]3c4ccccc4[C@H](CC(=O)OC(C)(C)C)N3S(=O)(=O)c3ccc(C)cc3)c2c1. The van der Waals surface area contributed by atoms with Crippen LogP contribution in [0.1, 0.15) is 61.5 Å². The number of fused-ring (bicyclic) bond motifs is 2. The first-order chi connectivity index (χ1) is 18.0. The minimum absolute atomic E-state index is 0.110. The lowest BCUT2D eigenvalue weighted by atomic mass is 9.96. The summed E-state index contributed by atoms with van der Waals surface area (Å²) in [7, 11) is -2.44. The fourth-order valence-electron chi connectivity index (χ4n) is 5.18. The van der Waals surface area contributed by atoms with Gasteiger partial charge in [0.05, 0.1) is 30.5 Å². The Bertz CT molecular complexity index is 1600. The second kappa shape index (κ2) is 9.60. The number of benzene rings is 3. The van der Waals surface area contributed by atoms with Crippen LogP contribution in [0, 0.1) is 6.92 Å². The Morgan fingerprint density at radius 1 is 0.974 bits per heavy atom. The van der Waals surface area contributed by atoms with E-state index in [-0.39, 0.29) is 11.3 Å². The molecule has 0 unspecified atom stereocenters. The quantitative estimate of drug-likeness (QED) is 0.305. The van der Waals surface area contributed by atoms with E-state index < -0.39 is 33.7 Å². The molecule has 0 bridgehead atoms. The number of nitrogens with zero attached hydrogens (tertiary/aromatic N) is 1. The van der Waals surface area contributed by atoms with Gasteiger partial charge in [0.15, 0.2) is 0 Å². The Hall–Kier alpha value is -3.62. The van der Waals surface area contributed by atoms with Crippen LogP contribution in [-0.2, 0) is 19.6 Å². The van der Waals surface area contributed by atoms with Gasteiger partial charge in [-0.1, -0.05) is 42.0 Å². The summed E-state index contributed by atoms with van der Waals surface area (Å²) in [6, 6.07) is 18.7. The number of nitrogens with one attached hydrogen (secondary N) is 1. The highest BCUT2D eigenvalue weighted by atomic mass is 32.2. The Morgan fingerprint density at radius 2 is 1.66 bits per heavy atom. The zero-order valence-electron chi connectivity index (χ0n) is 22.2. The number of methoxy groups -OCH3 is 1. The van der Waals surface area contributed by atoms with Crippen molar-refractivity contribution in [2.75, 3.05) is 7.11 Å². The van der Waals surface area contributed by atoms with Crippen molar-refractivity contribution in [3.05, 3.63) is 95.2 Å². The topological polar surface area (TPSA) is 88.7 Å². The standard InChI is InChI=1S/C30H32N2O5S/c1-19-10-13-21(14-11-19)38(34,35)32-27(17-28(33)37-30(2,3)4)22-8-6-7-9-23(22)29(32)25-18-31-26-15-12-20(36-5)16-24(25)26/h6-16,18,27,29,31H,17H2,1-5H3/t27-,29-/m0/s1. The highest BCUT2D eigenvalue weighted by Crippen LogP contribution is 2.51. The van der Waals surface area contributed by atoms with Crippen molar-refractivity contribution >= 4 is 26.9 Å². The summed E-state index contributed by atoms with van der Waals surface area (Å²) in [6.07, 6.45) is 1.74. The van der Waals surface area contributed by atoms with Gasteiger partial charge in [-0.05, 0) is 69.2 Å². The van der Waals surface area contributed by atoms with Gasteiger partial charge >= 0.3 is 5.97 Å². The van der Waals surface area contributed by atoms with Crippen molar-refractivity contribution in [3.8, 4) is 5.75 Å². The maximum Gasteiger partial charge on any atom is 0.308 e. The molecule has 1 N–H and O–H groups in total. The summed E-state index contributed by atoms with van der Waals surface area (Å²) in [6.45, 7) is 7.32. The smallest absolute Gasteiger partial charge is 0.308 e. The Morgan fingerprint density at radius 3 is 2.32 bits per heavy atom. The predicted molar refractivity (Wildman–Crippen MR) is 147 cm³/mol. The molecule has 2 heterocycles. The number of carbonyl (C=O) groups is 1.